The van der Waals surface area contributed by atoms with Gasteiger partial charge in [-0.15, -0.1) is 0 Å². The Balaban J connectivity index is 0.00000254. The molecular formula is C18H29FeO4S. The first-order valence-corrected chi connectivity index (χ1v) is 10.6. The molecule has 0 aromatic heterocycles. The van der Waals surface area contributed by atoms with E-state index in [4.69, 9.17) is 3.83 Å². The Morgan fingerprint density at radius 2 is 1.21 bits per heavy atom. The third kappa shape index (κ3) is 11.9. The van der Waals surface area contributed by atoms with Gasteiger partial charge in [0.05, 0.1) is 4.90 Å². The number of rotatable bonds is 12. The average molecular weight is 397 g/mol. The first-order chi connectivity index (χ1) is 11.5. The van der Waals surface area contributed by atoms with Crippen LogP contribution in [-0.2, 0) is 36.3 Å². The molecule has 1 rings (SSSR count). The van der Waals surface area contributed by atoms with Crippen molar-refractivity contribution >= 4 is 10.1 Å². The summed E-state index contributed by atoms with van der Waals surface area (Å²) in [4.78, 5) is -0.140. The number of aryl methyl sites for hydroxylation is 1. The fraction of sp³-hybridized carbons (Fsp3) is 0.667. The predicted octanol–water partition coefficient (Wildman–Crippen LogP) is 4.93. The van der Waals surface area contributed by atoms with Crippen LogP contribution in [0.5, 0.6) is 0 Å². The molecule has 24 heavy (non-hydrogen) atoms. The van der Waals surface area contributed by atoms with E-state index in [0.717, 1.165) is 18.4 Å². The monoisotopic (exact) mass is 397 g/mol. The molecule has 139 valence electrons. The summed E-state index contributed by atoms with van der Waals surface area (Å²) in [5.41, 5.74) is 1.10. The summed E-state index contributed by atoms with van der Waals surface area (Å²) in [6.07, 6.45) is 14.0. The van der Waals surface area contributed by atoms with Crippen LogP contribution in [0.2, 0.25) is 0 Å². The third-order valence-electron chi connectivity index (χ3n) is 4.03. The van der Waals surface area contributed by atoms with Crippen LogP contribution in [0.1, 0.15) is 76.7 Å². The molecule has 0 N–H and O–H groups in total. The van der Waals surface area contributed by atoms with E-state index >= 15 is 0 Å². The molecule has 0 aliphatic heterocycles. The zero-order valence-corrected chi connectivity index (χ0v) is 16.4. The Morgan fingerprint density at radius 1 is 0.792 bits per heavy atom. The molecule has 0 radical (unpaired) electrons. The maximum atomic E-state index is 10.8. The van der Waals surface area contributed by atoms with Crippen molar-refractivity contribution in [1.29, 1.82) is 0 Å². The molecule has 0 saturated heterocycles. The minimum atomic E-state index is -4.31. The van der Waals surface area contributed by atoms with Crippen LogP contribution < -0.4 is 0 Å². The molecule has 0 amide bonds. The van der Waals surface area contributed by atoms with Crippen LogP contribution in [0.4, 0.5) is 0 Å². The van der Waals surface area contributed by atoms with Crippen LogP contribution in [-0.4, -0.2) is 13.0 Å². The van der Waals surface area contributed by atoms with E-state index in [9.17, 15) is 13.0 Å². The Bertz CT molecular complexity index is 514. The van der Waals surface area contributed by atoms with Gasteiger partial charge in [0.1, 0.15) is 10.1 Å². The van der Waals surface area contributed by atoms with Crippen LogP contribution in [0.15, 0.2) is 29.2 Å². The summed E-state index contributed by atoms with van der Waals surface area (Å²) in [6, 6.07) is 6.32. The van der Waals surface area contributed by atoms with E-state index in [1.807, 2.05) is 15.9 Å². The second-order valence-corrected chi connectivity index (χ2v) is 7.41. The molecule has 1 aromatic carbocycles. The van der Waals surface area contributed by atoms with Crippen molar-refractivity contribution in [2.24, 2.45) is 0 Å². The van der Waals surface area contributed by atoms with Gasteiger partial charge in [-0.1, -0.05) is 76.8 Å². The van der Waals surface area contributed by atoms with Gasteiger partial charge in [0.15, 0.2) is 0 Å². The number of benzene rings is 1. The van der Waals surface area contributed by atoms with E-state index in [1.54, 1.807) is 12.1 Å². The number of hydrogen-bond donors (Lipinski definition) is 0. The molecule has 0 heterocycles. The van der Waals surface area contributed by atoms with E-state index < -0.39 is 10.1 Å². The normalized spacial score (nSPS) is 10.9. The molecule has 0 atom stereocenters. The summed E-state index contributed by atoms with van der Waals surface area (Å²) in [5.74, 6) is 0. The summed E-state index contributed by atoms with van der Waals surface area (Å²) < 4.78 is 40.5. The Kier molecular flexibility index (Phi) is 14.4. The zero-order valence-electron chi connectivity index (χ0n) is 14.5. The van der Waals surface area contributed by atoms with Gasteiger partial charge in [0.2, 0.25) is 0 Å². The van der Waals surface area contributed by atoms with Gasteiger partial charge in [-0.25, -0.2) is 8.42 Å². The van der Waals surface area contributed by atoms with Crippen molar-refractivity contribution in [3.8, 4) is 0 Å². The zero-order chi connectivity index (χ0) is 18.3. The second kappa shape index (κ2) is 14.8. The van der Waals surface area contributed by atoms with Crippen molar-refractivity contribution in [2.45, 2.75) is 82.4 Å². The van der Waals surface area contributed by atoms with E-state index in [0.29, 0.717) is 0 Å². The summed E-state index contributed by atoms with van der Waals surface area (Å²) in [7, 11) is -4.31. The maximum absolute atomic E-state index is 10.8. The third-order valence-corrected chi connectivity index (χ3v) is 4.88. The number of unbranched alkanes of at least 4 members (excludes halogenated alkanes) is 9. The van der Waals surface area contributed by atoms with Crippen molar-refractivity contribution in [3.63, 3.8) is 0 Å². The van der Waals surface area contributed by atoms with Gasteiger partial charge in [-0.2, -0.15) is 0 Å². The first-order valence-electron chi connectivity index (χ1n) is 8.73. The van der Waals surface area contributed by atoms with Crippen LogP contribution in [0.25, 0.3) is 0 Å². The summed E-state index contributed by atoms with van der Waals surface area (Å²) in [5, 5.41) is 0. The van der Waals surface area contributed by atoms with E-state index in [1.165, 1.54) is 69.9 Å². The van der Waals surface area contributed by atoms with Crippen LogP contribution in [0.3, 0.4) is 0 Å². The number of hydrogen-bond acceptors (Lipinski definition) is 4. The predicted molar refractivity (Wildman–Crippen MR) is 90.6 cm³/mol. The van der Waals surface area contributed by atoms with Gasteiger partial charge >= 0.3 is 19.8 Å². The Labute approximate surface area is 155 Å². The van der Waals surface area contributed by atoms with E-state index in [2.05, 4.69) is 6.92 Å². The van der Waals surface area contributed by atoms with Gasteiger partial charge in [-0.3, -0.25) is 0 Å². The van der Waals surface area contributed by atoms with Gasteiger partial charge < -0.3 is 4.55 Å². The quantitative estimate of drug-likeness (QED) is 0.285. The molecule has 4 nitrogen and oxygen atoms in total. The molecule has 0 unspecified atom stereocenters. The molecular weight excluding hydrogens is 368 g/mol. The fourth-order valence-corrected chi connectivity index (χ4v) is 3.11. The minimum absolute atomic E-state index is 0.140. The van der Waals surface area contributed by atoms with Crippen LogP contribution in [0, 0.1) is 0 Å². The molecule has 0 fully saturated rings. The van der Waals surface area contributed by atoms with E-state index in [-0.39, 0.29) is 4.90 Å². The van der Waals surface area contributed by atoms with Gasteiger partial charge in [0, 0.05) is 0 Å². The van der Waals surface area contributed by atoms with Gasteiger partial charge in [-0.05, 0) is 30.5 Å². The fourth-order valence-electron chi connectivity index (χ4n) is 2.64. The topological polar surface area (TPSA) is 74.3 Å². The molecule has 0 aliphatic carbocycles. The Hall–Kier alpha value is -0.551. The summed E-state index contributed by atoms with van der Waals surface area (Å²) in [6.45, 7) is 2.24. The Morgan fingerprint density at radius 3 is 1.62 bits per heavy atom. The van der Waals surface area contributed by atoms with Crippen LogP contribution >= 0.6 is 0 Å². The van der Waals surface area contributed by atoms with Crippen molar-refractivity contribution in [1.82, 2.24) is 0 Å². The van der Waals surface area contributed by atoms with Crippen molar-refractivity contribution in [2.75, 3.05) is 0 Å². The van der Waals surface area contributed by atoms with Crippen molar-refractivity contribution in [3.05, 3.63) is 29.8 Å². The SMILES string of the molecule is CCCCCCCCCCCCc1ccc(S(=O)(=O)[O-])cc1.[O]=[Fe+]. The standard InChI is InChI=1S/C18H30O3S.Fe.O/c1-2-3-4-5-6-7-8-9-10-11-12-17-13-15-18(16-14-17)22(19,20)21;;/h13-16H,2-12H2,1H3,(H,19,20,21);;/q;+1;/p-1. The molecule has 0 spiro atoms. The molecule has 0 bridgehead atoms. The second-order valence-electron chi connectivity index (χ2n) is 6.03. The van der Waals surface area contributed by atoms with Gasteiger partial charge in [0.25, 0.3) is 0 Å². The first kappa shape index (κ1) is 23.4. The molecule has 6 heteroatoms. The molecule has 0 aliphatic rings. The summed E-state index contributed by atoms with van der Waals surface area (Å²) >= 11 is 2.00. The molecule has 0 saturated carbocycles. The molecule has 1 aromatic rings. The van der Waals surface area contributed by atoms with Crippen molar-refractivity contribution < 1.29 is 32.7 Å². The average Bonchev–Trinajstić information content (AvgIpc) is 2.58.